The topological polar surface area (TPSA) is 46.6 Å². The van der Waals surface area contributed by atoms with Crippen LogP contribution in [0.1, 0.15) is 25.7 Å². The number of amides is 2. The normalized spacial score (nSPS) is 20.3. The van der Waals surface area contributed by atoms with Gasteiger partial charge >= 0.3 is 0 Å². The largest absolute Gasteiger partial charge is 0.499 e. The third-order valence-electron chi connectivity index (χ3n) is 2.38. The van der Waals surface area contributed by atoms with E-state index in [2.05, 4.69) is 0 Å². The predicted octanol–water partition coefficient (Wildman–Crippen LogP) is 0.830. The van der Waals surface area contributed by atoms with E-state index in [1.165, 1.54) is 10.5 Å². The summed E-state index contributed by atoms with van der Waals surface area (Å²) in [6.07, 6.45) is 4.72. The Morgan fingerprint density at radius 2 is 1.79 bits per heavy atom. The van der Waals surface area contributed by atoms with Gasteiger partial charge in [-0.05, 0) is 18.4 Å². The Bertz CT molecular complexity index is 274. The van der Waals surface area contributed by atoms with Gasteiger partial charge in [-0.3, -0.25) is 14.5 Å². The van der Waals surface area contributed by atoms with Crippen LogP contribution in [0.15, 0.2) is 11.8 Å². The van der Waals surface area contributed by atoms with Crippen molar-refractivity contribution in [1.29, 1.82) is 0 Å². The summed E-state index contributed by atoms with van der Waals surface area (Å²) in [6.45, 7) is 0.808. The number of likely N-dealkylation sites (tertiary alicyclic amines) is 1. The van der Waals surface area contributed by atoms with Crippen LogP contribution in [-0.2, 0) is 14.3 Å². The van der Waals surface area contributed by atoms with Crippen molar-refractivity contribution in [1.82, 2.24) is 4.90 Å². The molecule has 1 saturated heterocycles. The minimum atomic E-state index is -0.0716. The van der Waals surface area contributed by atoms with Crippen molar-refractivity contribution in [2.75, 3.05) is 13.2 Å². The van der Waals surface area contributed by atoms with Crippen LogP contribution >= 0.6 is 0 Å². The molecule has 0 aromatic rings. The smallest absolute Gasteiger partial charge is 0.229 e. The van der Waals surface area contributed by atoms with Crippen LogP contribution in [0.3, 0.4) is 0 Å². The second kappa shape index (κ2) is 3.82. The molecule has 1 saturated carbocycles. The van der Waals surface area contributed by atoms with Crippen LogP contribution in [-0.4, -0.2) is 29.9 Å². The molecule has 4 nitrogen and oxygen atoms in total. The van der Waals surface area contributed by atoms with Crippen LogP contribution in [0, 0.1) is 0 Å². The Labute approximate surface area is 82.5 Å². The van der Waals surface area contributed by atoms with Crippen molar-refractivity contribution in [3.8, 4) is 0 Å². The Morgan fingerprint density at radius 3 is 2.36 bits per heavy atom. The second-order valence-corrected chi connectivity index (χ2v) is 3.59. The van der Waals surface area contributed by atoms with Crippen LogP contribution in [0.4, 0.5) is 0 Å². The van der Waals surface area contributed by atoms with E-state index >= 15 is 0 Å². The van der Waals surface area contributed by atoms with Crippen molar-refractivity contribution in [3.05, 3.63) is 11.8 Å². The molecule has 0 unspecified atom stereocenters. The molecule has 0 aromatic carbocycles. The Hall–Kier alpha value is -1.32. The summed E-state index contributed by atoms with van der Waals surface area (Å²) in [5, 5.41) is 0. The van der Waals surface area contributed by atoms with Gasteiger partial charge in [0, 0.05) is 12.8 Å². The summed E-state index contributed by atoms with van der Waals surface area (Å²) < 4.78 is 5.21. The fourth-order valence-electron chi connectivity index (χ4n) is 1.38. The first-order valence-electron chi connectivity index (χ1n) is 4.90. The molecule has 2 aliphatic rings. The number of nitrogens with zero attached hydrogens (tertiary/aromatic N) is 1. The average Bonchev–Trinajstić information content (AvgIpc) is 2.93. The molecule has 14 heavy (non-hydrogen) atoms. The molecule has 0 bridgehead atoms. The molecule has 4 heteroatoms. The molecule has 2 rings (SSSR count). The summed E-state index contributed by atoms with van der Waals surface area (Å²) >= 11 is 0. The fraction of sp³-hybridized carbons (Fsp3) is 0.600. The first-order valence-corrected chi connectivity index (χ1v) is 4.90. The van der Waals surface area contributed by atoms with Crippen molar-refractivity contribution in [2.24, 2.45) is 0 Å². The van der Waals surface area contributed by atoms with Gasteiger partial charge in [0.1, 0.15) is 6.61 Å². The van der Waals surface area contributed by atoms with E-state index in [1.54, 1.807) is 6.26 Å². The first-order chi connectivity index (χ1) is 6.77. The number of rotatable bonds is 4. The molecular weight excluding hydrogens is 182 g/mol. The van der Waals surface area contributed by atoms with E-state index < -0.39 is 0 Å². The monoisotopic (exact) mass is 195 g/mol. The summed E-state index contributed by atoms with van der Waals surface area (Å²) in [6, 6.07) is 0. The number of hydrogen-bond acceptors (Lipinski definition) is 3. The van der Waals surface area contributed by atoms with E-state index in [0.717, 1.165) is 12.8 Å². The van der Waals surface area contributed by atoms with Crippen molar-refractivity contribution in [2.45, 2.75) is 25.7 Å². The SMILES string of the molecule is O=C1CCC(=O)N1CCOC=C1CC1. The summed E-state index contributed by atoms with van der Waals surface area (Å²) in [5.41, 5.74) is 1.31. The lowest BCUT2D eigenvalue weighted by Gasteiger charge is -2.12. The lowest BCUT2D eigenvalue weighted by molar-refractivity contribution is -0.138. The number of carbonyl (C=O) groups is 2. The van der Waals surface area contributed by atoms with Gasteiger partial charge in [-0.1, -0.05) is 0 Å². The lowest BCUT2D eigenvalue weighted by atomic mass is 10.4. The molecule has 76 valence electrons. The van der Waals surface area contributed by atoms with Crippen molar-refractivity contribution < 1.29 is 14.3 Å². The van der Waals surface area contributed by atoms with Crippen LogP contribution in [0.25, 0.3) is 0 Å². The zero-order chi connectivity index (χ0) is 9.97. The molecule has 0 spiro atoms. The van der Waals surface area contributed by atoms with E-state index in [1.807, 2.05) is 0 Å². The Kier molecular flexibility index (Phi) is 2.52. The zero-order valence-electron chi connectivity index (χ0n) is 7.99. The third-order valence-corrected chi connectivity index (χ3v) is 2.38. The molecule has 2 amide bonds. The highest BCUT2D eigenvalue weighted by molar-refractivity contribution is 6.01. The molecule has 0 aromatic heterocycles. The second-order valence-electron chi connectivity index (χ2n) is 3.59. The standard InChI is InChI=1S/C10H13NO3/c12-9-3-4-10(13)11(9)5-6-14-7-8-1-2-8/h7H,1-6H2. The van der Waals surface area contributed by atoms with Crippen LogP contribution in [0.5, 0.6) is 0 Å². The van der Waals surface area contributed by atoms with Crippen molar-refractivity contribution in [3.63, 3.8) is 0 Å². The molecule has 0 radical (unpaired) electrons. The lowest BCUT2D eigenvalue weighted by Crippen LogP contribution is -2.32. The number of allylic oxidation sites excluding steroid dienone is 1. The highest BCUT2D eigenvalue weighted by Gasteiger charge is 2.28. The highest BCUT2D eigenvalue weighted by Crippen LogP contribution is 2.27. The maximum atomic E-state index is 11.2. The van der Waals surface area contributed by atoms with Gasteiger partial charge in [-0.25, -0.2) is 0 Å². The van der Waals surface area contributed by atoms with Gasteiger partial charge in [0.05, 0.1) is 12.8 Å². The van der Waals surface area contributed by atoms with Gasteiger partial charge in [-0.2, -0.15) is 0 Å². The molecule has 1 aliphatic heterocycles. The zero-order valence-corrected chi connectivity index (χ0v) is 7.99. The Morgan fingerprint density at radius 1 is 1.14 bits per heavy atom. The predicted molar refractivity (Wildman–Crippen MR) is 49.2 cm³/mol. The van der Waals surface area contributed by atoms with E-state index in [0.29, 0.717) is 26.0 Å². The molecule has 0 N–H and O–H groups in total. The summed E-state index contributed by atoms with van der Waals surface area (Å²) in [7, 11) is 0. The van der Waals surface area contributed by atoms with E-state index in [4.69, 9.17) is 4.74 Å². The molecule has 0 atom stereocenters. The van der Waals surface area contributed by atoms with Gasteiger partial charge in [0.15, 0.2) is 0 Å². The fourth-order valence-corrected chi connectivity index (χ4v) is 1.38. The quantitative estimate of drug-likeness (QED) is 0.379. The van der Waals surface area contributed by atoms with E-state index in [-0.39, 0.29) is 11.8 Å². The van der Waals surface area contributed by atoms with Crippen molar-refractivity contribution >= 4 is 11.8 Å². The number of carbonyl (C=O) groups excluding carboxylic acids is 2. The number of imide groups is 1. The molecule has 1 heterocycles. The first kappa shape index (κ1) is 9.24. The Balaban J connectivity index is 1.71. The number of ether oxygens (including phenoxy) is 1. The van der Waals surface area contributed by atoms with Gasteiger partial charge < -0.3 is 4.74 Å². The summed E-state index contributed by atoms with van der Waals surface area (Å²) in [5.74, 6) is -0.143. The highest BCUT2D eigenvalue weighted by atomic mass is 16.5. The van der Waals surface area contributed by atoms with Gasteiger partial charge in [0.2, 0.25) is 11.8 Å². The van der Waals surface area contributed by atoms with Crippen LogP contribution in [0.2, 0.25) is 0 Å². The minimum Gasteiger partial charge on any atom is -0.499 e. The third kappa shape index (κ3) is 2.13. The minimum absolute atomic E-state index is 0.0716. The molecule has 2 fully saturated rings. The molecular formula is C10H13NO3. The summed E-state index contributed by atoms with van der Waals surface area (Å²) in [4.78, 5) is 23.6. The van der Waals surface area contributed by atoms with Crippen LogP contribution < -0.4 is 0 Å². The van der Waals surface area contributed by atoms with Gasteiger partial charge in [-0.15, -0.1) is 0 Å². The number of hydrogen-bond donors (Lipinski definition) is 0. The maximum Gasteiger partial charge on any atom is 0.229 e. The van der Waals surface area contributed by atoms with Gasteiger partial charge in [0.25, 0.3) is 0 Å². The van der Waals surface area contributed by atoms with E-state index in [9.17, 15) is 9.59 Å². The molecule has 1 aliphatic carbocycles. The maximum absolute atomic E-state index is 11.2. The average molecular weight is 195 g/mol.